The fourth-order valence-corrected chi connectivity index (χ4v) is 2.30. The van der Waals surface area contributed by atoms with Gasteiger partial charge in [0.25, 0.3) is 0 Å². The van der Waals surface area contributed by atoms with Gasteiger partial charge in [-0.25, -0.2) is 4.72 Å². The lowest BCUT2D eigenvalue weighted by Crippen LogP contribution is -2.34. The van der Waals surface area contributed by atoms with E-state index in [1.807, 2.05) is 0 Å². The molecule has 1 rings (SSSR count). The summed E-state index contributed by atoms with van der Waals surface area (Å²) < 4.78 is 17.7. The summed E-state index contributed by atoms with van der Waals surface area (Å²) in [6, 6.07) is 0.375. The zero-order valence-corrected chi connectivity index (χ0v) is 8.73. The first-order valence-electron chi connectivity index (χ1n) is 4.05. The second kappa shape index (κ2) is 3.93. The van der Waals surface area contributed by atoms with Gasteiger partial charge in [0.1, 0.15) is 0 Å². The summed E-state index contributed by atoms with van der Waals surface area (Å²) in [5.41, 5.74) is 0. The van der Waals surface area contributed by atoms with Gasteiger partial charge >= 0.3 is 0 Å². The van der Waals surface area contributed by atoms with Crippen LogP contribution in [-0.4, -0.2) is 49.0 Å². The van der Waals surface area contributed by atoms with E-state index in [2.05, 4.69) is 16.7 Å². The summed E-state index contributed by atoms with van der Waals surface area (Å²) in [4.78, 5) is 2.24. The Kier molecular flexibility index (Phi) is 3.37. The van der Waals surface area contributed by atoms with E-state index in [9.17, 15) is 4.55 Å². The average Bonchev–Trinajstić information content (AvgIpc) is 2.35. The summed E-state index contributed by atoms with van der Waals surface area (Å²) >= 11 is 0. The van der Waals surface area contributed by atoms with Crippen molar-refractivity contribution in [1.82, 2.24) is 9.62 Å². The summed E-state index contributed by atoms with van der Waals surface area (Å²) in [6.45, 7) is 2.09. The van der Waals surface area contributed by atoms with Crippen LogP contribution in [0.1, 0.15) is 6.42 Å². The van der Waals surface area contributed by atoms with Crippen LogP contribution < -0.4 is 4.72 Å². The normalized spacial score (nSPS) is 33.2. The SMILES string of the molecule is COS(C)(O)NC1CCN(C)C1. The Morgan fingerprint density at radius 2 is 2.33 bits per heavy atom. The predicted octanol–water partition coefficient (Wildman–Crippen LogP) is 0.664. The lowest BCUT2D eigenvalue weighted by Gasteiger charge is -2.35. The monoisotopic (exact) mass is 194 g/mol. The summed E-state index contributed by atoms with van der Waals surface area (Å²) in [7, 11) is 1.61. The lowest BCUT2D eigenvalue weighted by molar-refractivity contribution is 0.373. The minimum absolute atomic E-state index is 0.375. The maximum atomic E-state index is 9.60. The molecule has 4 nitrogen and oxygen atoms in total. The highest BCUT2D eigenvalue weighted by atomic mass is 32.3. The molecule has 0 saturated carbocycles. The number of nitrogens with zero attached hydrogens (tertiary/aromatic N) is 1. The van der Waals surface area contributed by atoms with E-state index in [-0.39, 0.29) is 0 Å². The van der Waals surface area contributed by atoms with Crippen LogP contribution in [0.3, 0.4) is 0 Å². The quantitative estimate of drug-likeness (QED) is 0.693. The van der Waals surface area contributed by atoms with Crippen molar-refractivity contribution < 1.29 is 8.74 Å². The third-order valence-corrected chi connectivity index (χ3v) is 3.52. The maximum absolute atomic E-state index is 9.60. The molecule has 0 bridgehead atoms. The summed E-state index contributed by atoms with van der Waals surface area (Å²) in [6.07, 6.45) is 2.79. The molecule has 1 saturated heterocycles. The van der Waals surface area contributed by atoms with Gasteiger partial charge in [0.15, 0.2) is 0 Å². The molecule has 0 aliphatic carbocycles. The van der Waals surface area contributed by atoms with E-state index in [1.54, 1.807) is 6.26 Å². The van der Waals surface area contributed by atoms with Crippen molar-refractivity contribution in [3.05, 3.63) is 0 Å². The Balaban J connectivity index is 2.32. The Morgan fingerprint density at radius 1 is 1.67 bits per heavy atom. The van der Waals surface area contributed by atoms with Crippen LogP contribution in [-0.2, 0) is 4.18 Å². The van der Waals surface area contributed by atoms with Gasteiger partial charge in [-0.05, 0) is 20.0 Å². The fraction of sp³-hybridized carbons (Fsp3) is 1.00. The Labute approximate surface area is 75.8 Å². The second-order valence-corrected chi connectivity index (χ2v) is 5.51. The van der Waals surface area contributed by atoms with Crippen molar-refractivity contribution >= 4 is 10.8 Å². The maximum Gasteiger partial charge on any atom is 0.0619 e. The molecule has 0 amide bonds. The van der Waals surface area contributed by atoms with Crippen molar-refractivity contribution in [3.8, 4) is 0 Å². The summed E-state index contributed by atoms with van der Waals surface area (Å²) in [5, 5.41) is 0. The Morgan fingerprint density at radius 3 is 2.75 bits per heavy atom. The molecule has 2 N–H and O–H groups in total. The van der Waals surface area contributed by atoms with E-state index < -0.39 is 10.8 Å². The number of likely N-dealkylation sites (tertiary alicyclic amines) is 1. The highest BCUT2D eigenvalue weighted by Gasteiger charge is 2.22. The van der Waals surface area contributed by atoms with Gasteiger partial charge in [0, 0.05) is 18.8 Å². The van der Waals surface area contributed by atoms with Gasteiger partial charge in [-0.15, -0.1) is 10.8 Å². The molecule has 74 valence electrons. The summed E-state index contributed by atoms with van der Waals surface area (Å²) in [5.74, 6) is 0. The van der Waals surface area contributed by atoms with E-state index in [0.29, 0.717) is 6.04 Å². The molecule has 1 aliphatic rings. The molecule has 2 unspecified atom stereocenters. The number of hydrogen-bond donors (Lipinski definition) is 2. The van der Waals surface area contributed by atoms with Crippen molar-refractivity contribution in [2.75, 3.05) is 33.5 Å². The van der Waals surface area contributed by atoms with Gasteiger partial charge in [0.05, 0.1) is 7.11 Å². The van der Waals surface area contributed by atoms with E-state index in [0.717, 1.165) is 19.5 Å². The van der Waals surface area contributed by atoms with Gasteiger partial charge in [-0.1, -0.05) is 0 Å². The highest BCUT2D eigenvalue weighted by molar-refractivity contribution is 8.22. The van der Waals surface area contributed by atoms with E-state index in [4.69, 9.17) is 4.18 Å². The third kappa shape index (κ3) is 2.91. The first-order chi connectivity index (χ1) is 5.53. The Bertz CT molecular complexity index is 154. The smallest absolute Gasteiger partial charge is 0.0619 e. The predicted molar refractivity (Wildman–Crippen MR) is 52.2 cm³/mol. The minimum atomic E-state index is -2.00. The lowest BCUT2D eigenvalue weighted by atomic mass is 10.3. The molecule has 0 aromatic rings. The van der Waals surface area contributed by atoms with E-state index in [1.165, 1.54) is 7.11 Å². The van der Waals surface area contributed by atoms with Crippen molar-refractivity contribution in [2.45, 2.75) is 12.5 Å². The second-order valence-electron chi connectivity index (χ2n) is 3.33. The van der Waals surface area contributed by atoms with Crippen molar-refractivity contribution in [1.29, 1.82) is 0 Å². The molecule has 12 heavy (non-hydrogen) atoms. The zero-order valence-electron chi connectivity index (χ0n) is 7.91. The van der Waals surface area contributed by atoms with Crippen molar-refractivity contribution in [2.24, 2.45) is 0 Å². The molecule has 0 aromatic carbocycles. The first-order valence-corrected chi connectivity index (χ1v) is 5.98. The fourth-order valence-electron chi connectivity index (χ4n) is 1.39. The van der Waals surface area contributed by atoms with Gasteiger partial charge in [0.2, 0.25) is 0 Å². The molecule has 5 heteroatoms. The van der Waals surface area contributed by atoms with Gasteiger partial charge in [-0.2, -0.15) is 0 Å². The number of rotatable bonds is 3. The molecular formula is C7H18N2O2S. The van der Waals surface area contributed by atoms with Crippen molar-refractivity contribution in [3.63, 3.8) is 0 Å². The zero-order chi connectivity index (χ0) is 9.19. The van der Waals surface area contributed by atoms with Crippen LogP contribution >= 0.6 is 10.8 Å². The number of hydrogen-bond acceptors (Lipinski definition) is 4. The average molecular weight is 194 g/mol. The third-order valence-electron chi connectivity index (χ3n) is 2.10. The van der Waals surface area contributed by atoms with Crippen LogP contribution in [0.5, 0.6) is 0 Å². The largest absolute Gasteiger partial charge is 0.305 e. The van der Waals surface area contributed by atoms with Crippen LogP contribution in [0.25, 0.3) is 0 Å². The van der Waals surface area contributed by atoms with Gasteiger partial charge < -0.3 is 4.90 Å². The highest BCUT2D eigenvalue weighted by Crippen LogP contribution is 2.35. The molecule has 1 aliphatic heterocycles. The molecule has 0 spiro atoms. The molecule has 0 radical (unpaired) electrons. The minimum Gasteiger partial charge on any atom is -0.305 e. The topological polar surface area (TPSA) is 44.7 Å². The van der Waals surface area contributed by atoms with Crippen LogP contribution in [0.15, 0.2) is 0 Å². The standard InChI is InChI=1S/C7H18N2O2S/c1-9-5-4-7(6-9)8-12(3,10)11-2/h7-8,10H,4-6H2,1-3H3. The molecule has 1 fully saturated rings. The first kappa shape index (κ1) is 10.3. The van der Waals surface area contributed by atoms with E-state index >= 15 is 0 Å². The van der Waals surface area contributed by atoms with Crippen LogP contribution in [0.4, 0.5) is 0 Å². The molecule has 2 atom stereocenters. The van der Waals surface area contributed by atoms with Crippen LogP contribution in [0, 0.1) is 0 Å². The number of nitrogens with one attached hydrogen (secondary N) is 1. The molecule has 1 heterocycles. The Hall–Kier alpha value is 0.190. The van der Waals surface area contributed by atoms with Gasteiger partial charge in [-0.3, -0.25) is 8.74 Å². The van der Waals surface area contributed by atoms with Crippen LogP contribution in [0.2, 0.25) is 0 Å². The molecular weight excluding hydrogens is 176 g/mol. The molecule has 0 aromatic heterocycles. The number of likely N-dealkylation sites (N-methyl/N-ethyl adjacent to an activating group) is 1.